The molecule has 2 fully saturated rings. The van der Waals surface area contributed by atoms with E-state index in [1.165, 1.54) is 17.7 Å². The first-order chi connectivity index (χ1) is 7.69. The van der Waals surface area contributed by atoms with Crippen LogP contribution in [0, 0.1) is 5.92 Å². The molecule has 0 aromatic heterocycles. The Kier molecular flexibility index (Phi) is 3.28. The van der Waals surface area contributed by atoms with E-state index in [1.54, 1.807) is 0 Å². The smallest absolute Gasteiger partial charge is 0.410 e. The number of carbonyl (C=O) groups is 2. The largest absolute Gasteiger partial charge is 0.443 e. The molecule has 1 unspecified atom stereocenters. The zero-order valence-electron chi connectivity index (χ0n) is 9.15. The predicted molar refractivity (Wildman–Crippen MR) is 56.6 cm³/mol. The molecule has 1 saturated heterocycles. The molecule has 0 radical (unpaired) electrons. The Hall–Kier alpha value is -1.30. The monoisotopic (exact) mass is 227 g/mol. The van der Waals surface area contributed by atoms with Crippen molar-refractivity contribution in [1.29, 1.82) is 0 Å². The summed E-state index contributed by atoms with van der Waals surface area (Å²) in [4.78, 5) is 24.2. The van der Waals surface area contributed by atoms with E-state index in [-0.39, 0.29) is 18.6 Å². The van der Waals surface area contributed by atoms with Crippen molar-refractivity contribution in [3.63, 3.8) is 0 Å². The van der Waals surface area contributed by atoms with E-state index in [0.717, 1.165) is 6.54 Å². The van der Waals surface area contributed by atoms with E-state index >= 15 is 0 Å². The minimum Gasteiger partial charge on any atom is -0.443 e. The number of carbonyl (C=O) groups excluding carboxylic acids is 2. The van der Waals surface area contributed by atoms with Crippen molar-refractivity contribution in [1.82, 2.24) is 10.2 Å². The Balaban J connectivity index is 1.71. The fraction of sp³-hybridized carbons (Fsp3) is 0.800. The van der Waals surface area contributed by atoms with Crippen molar-refractivity contribution >= 4 is 12.0 Å². The molecule has 6 nitrogen and oxygen atoms in total. The summed E-state index contributed by atoms with van der Waals surface area (Å²) in [7, 11) is 0. The van der Waals surface area contributed by atoms with Crippen LogP contribution in [0.1, 0.15) is 12.8 Å². The van der Waals surface area contributed by atoms with Crippen LogP contribution >= 0.6 is 0 Å². The van der Waals surface area contributed by atoms with Gasteiger partial charge in [0, 0.05) is 13.1 Å². The Morgan fingerprint density at radius 3 is 2.88 bits per heavy atom. The maximum absolute atomic E-state index is 11.5. The average molecular weight is 227 g/mol. The van der Waals surface area contributed by atoms with Crippen molar-refractivity contribution in [2.75, 3.05) is 26.2 Å². The maximum atomic E-state index is 11.5. The van der Waals surface area contributed by atoms with Crippen LogP contribution in [-0.4, -0.2) is 49.2 Å². The van der Waals surface area contributed by atoms with Crippen molar-refractivity contribution in [3.8, 4) is 0 Å². The van der Waals surface area contributed by atoms with Gasteiger partial charge < -0.3 is 15.8 Å². The maximum Gasteiger partial charge on any atom is 0.410 e. The van der Waals surface area contributed by atoms with Gasteiger partial charge >= 0.3 is 6.09 Å². The minimum atomic E-state index is -0.447. The van der Waals surface area contributed by atoms with Crippen LogP contribution in [0.3, 0.4) is 0 Å². The van der Waals surface area contributed by atoms with E-state index in [2.05, 4.69) is 5.32 Å². The highest BCUT2D eigenvalue weighted by molar-refractivity contribution is 5.82. The SMILES string of the molecule is NCC1CN(CC(=O)NCC2CC2)C(=O)O1. The summed E-state index contributed by atoms with van der Waals surface area (Å²) < 4.78 is 4.94. The third-order valence-electron chi connectivity index (χ3n) is 2.83. The minimum absolute atomic E-state index is 0.0715. The first-order valence-corrected chi connectivity index (χ1v) is 5.61. The summed E-state index contributed by atoms with van der Waals surface area (Å²) >= 11 is 0. The Morgan fingerprint density at radius 2 is 2.31 bits per heavy atom. The molecule has 6 heteroatoms. The number of ether oxygens (including phenoxy) is 1. The Bertz CT molecular complexity index is 291. The Morgan fingerprint density at radius 1 is 1.56 bits per heavy atom. The molecule has 0 spiro atoms. The summed E-state index contributed by atoms with van der Waals surface area (Å²) in [5.74, 6) is 0.521. The van der Waals surface area contributed by atoms with Crippen LogP contribution in [0.4, 0.5) is 4.79 Å². The molecule has 0 bridgehead atoms. The van der Waals surface area contributed by atoms with E-state index in [0.29, 0.717) is 19.0 Å². The molecule has 2 amide bonds. The number of nitrogens with two attached hydrogens (primary N) is 1. The van der Waals surface area contributed by atoms with Gasteiger partial charge in [0.25, 0.3) is 0 Å². The lowest BCUT2D eigenvalue weighted by Crippen LogP contribution is -2.39. The van der Waals surface area contributed by atoms with Gasteiger partial charge in [0.05, 0.1) is 6.54 Å². The fourth-order valence-corrected chi connectivity index (χ4v) is 1.64. The van der Waals surface area contributed by atoms with Crippen molar-refractivity contribution < 1.29 is 14.3 Å². The second kappa shape index (κ2) is 4.69. The van der Waals surface area contributed by atoms with Gasteiger partial charge in [0.1, 0.15) is 12.6 Å². The average Bonchev–Trinajstić information content (AvgIpc) is 3.02. The standard InChI is InChI=1S/C10H17N3O3/c11-3-8-5-13(10(15)16-8)6-9(14)12-4-7-1-2-7/h7-8H,1-6,11H2,(H,12,14). The highest BCUT2D eigenvalue weighted by Crippen LogP contribution is 2.27. The lowest BCUT2D eigenvalue weighted by molar-refractivity contribution is -0.121. The third kappa shape index (κ3) is 2.85. The van der Waals surface area contributed by atoms with Crippen LogP contribution in [-0.2, 0) is 9.53 Å². The molecular formula is C10H17N3O3. The van der Waals surface area contributed by atoms with Crippen LogP contribution in [0.25, 0.3) is 0 Å². The van der Waals surface area contributed by atoms with Crippen LogP contribution in [0.15, 0.2) is 0 Å². The molecule has 1 aliphatic heterocycles. The molecule has 1 saturated carbocycles. The predicted octanol–water partition coefficient (Wildman–Crippen LogP) is -0.708. The summed E-state index contributed by atoms with van der Waals surface area (Å²) in [6.45, 7) is 1.50. The van der Waals surface area contributed by atoms with Crippen molar-refractivity contribution in [3.05, 3.63) is 0 Å². The number of hydrogen-bond acceptors (Lipinski definition) is 4. The van der Waals surface area contributed by atoms with Gasteiger partial charge in [-0.3, -0.25) is 9.69 Å². The highest BCUT2D eigenvalue weighted by atomic mass is 16.6. The number of nitrogens with zero attached hydrogens (tertiary/aromatic N) is 1. The molecule has 1 heterocycles. The van der Waals surface area contributed by atoms with E-state index < -0.39 is 6.09 Å². The van der Waals surface area contributed by atoms with Crippen molar-refractivity contribution in [2.45, 2.75) is 18.9 Å². The lowest BCUT2D eigenvalue weighted by Gasteiger charge is -2.12. The molecule has 16 heavy (non-hydrogen) atoms. The summed E-state index contributed by atoms with van der Waals surface area (Å²) in [5.41, 5.74) is 5.39. The normalized spacial score (nSPS) is 24.4. The van der Waals surface area contributed by atoms with Gasteiger partial charge in [-0.1, -0.05) is 0 Å². The first kappa shape index (κ1) is 11.2. The molecule has 90 valence electrons. The van der Waals surface area contributed by atoms with Crippen LogP contribution in [0.5, 0.6) is 0 Å². The van der Waals surface area contributed by atoms with Crippen LogP contribution in [0.2, 0.25) is 0 Å². The number of nitrogens with one attached hydrogen (secondary N) is 1. The quantitative estimate of drug-likeness (QED) is 0.650. The molecule has 2 aliphatic rings. The second-order valence-corrected chi connectivity index (χ2v) is 4.37. The second-order valence-electron chi connectivity index (χ2n) is 4.37. The molecule has 3 N–H and O–H groups in total. The number of amides is 2. The zero-order valence-corrected chi connectivity index (χ0v) is 9.15. The summed E-state index contributed by atoms with van der Waals surface area (Å²) in [6, 6.07) is 0. The highest BCUT2D eigenvalue weighted by Gasteiger charge is 2.31. The Labute approximate surface area is 94.1 Å². The third-order valence-corrected chi connectivity index (χ3v) is 2.83. The topological polar surface area (TPSA) is 84.7 Å². The van der Waals surface area contributed by atoms with Gasteiger partial charge in [-0.05, 0) is 18.8 Å². The zero-order chi connectivity index (χ0) is 11.5. The molecular weight excluding hydrogens is 210 g/mol. The molecule has 0 aromatic rings. The van der Waals surface area contributed by atoms with Gasteiger partial charge in [0.2, 0.25) is 5.91 Å². The van der Waals surface area contributed by atoms with Gasteiger partial charge in [-0.25, -0.2) is 4.79 Å². The van der Waals surface area contributed by atoms with Crippen molar-refractivity contribution in [2.24, 2.45) is 11.7 Å². The van der Waals surface area contributed by atoms with Gasteiger partial charge in [-0.15, -0.1) is 0 Å². The summed E-state index contributed by atoms with van der Waals surface area (Å²) in [6.07, 6.45) is 1.67. The van der Waals surface area contributed by atoms with Gasteiger partial charge in [0.15, 0.2) is 0 Å². The fourth-order valence-electron chi connectivity index (χ4n) is 1.64. The number of hydrogen-bond donors (Lipinski definition) is 2. The lowest BCUT2D eigenvalue weighted by atomic mass is 10.3. The molecule has 2 rings (SSSR count). The number of rotatable bonds is 5. The van der Waals surface area contributed by atoms with Crippen LogP contribution < -0.4 is 11.1 Å². The first-order valence-electron chi connectivity index (χ1n) is 5.61. The number of cyclic esters (lactones) is 1. The molecule has 1 aliphatic carbocycles. The van der Waals surface area contributed by atoms with E-state index in [1.807, 2.05) is 0 Å². The molecule has 1 atom stereocenters. The summed E-state index contributed by atoms with van der Waals surface area (Å²) in [5, 5.41) is 2.81. The van der Waals surface area contributed by atoms with E-state index in [9.17, 15) is 9.59 Å². The molecule has 0 aromatic carbocycles. The van der Waals surface area contributed by atoms with Gasteiger partial charge in [-0.2, -0.15) is 0 Å². The van der Waals surface area contributed by atoms with E-state index in [4.69, 9.17) is 10.5 Å².